The molecular formula is C13H22N2O. The molecule has 3 heteroatoms. The number of hydrogen-bond donors (Lipinski definition) is 0. The van der Waals surface area contributed by atoms with Crippen molar-refractivity contribution in [2.24, 2.45) is 5.92 Å². The minimum atomic E-state index is 0.242. The quantitative estimate of drug-likeness (QED) is 0.682. The van der Waals surface area contributed by atoms with Crippen molar-refractivity contribution in [3.05, 3.63) is 0 Å². The highest BCUT2D eigenvalue weighted by molar-refractivity contribution is 4.97. The predicted molar refractivity (Wildman–Crippen MR) is 62.9 cm³/mol. The Balaban J connectivity index is 2.01. The minimum Gasteiger partial charge on any atom is -0.373 e. The van der Waals surface area contributed by atoms with E-state index in [1.54, 1.807) is 0 Å². The molecule has 0 radical (unpaired) electrons. The Morgan fingerprint density at radius 1 is 1.12 bits per heavy atom. The van der Waals surface area contributed by atoms with Crippen LogP contribution in [0.1, 0.15) is 39.5 Å². The molecule has 90 valence electrons. The summed E-state index contributed by atoms with van der Waals surface area (Å²) in [6.07, 6.45) is 5.40. The maximum Gasteiger partial charge on any atom is 0.0678 e. The van der Waals surface area contributed by atoms with Crippen molar-refractivity contribution in [1.29, 1.82) is 5.26 Å². The van der Waals surface area contributed by atoms with Gasteiger partial charge in [-0.15, -0.1) is 0 Å². The summed E-state index contributed by atoms with van der Waals surface area (Å²) in [6, 6.07) is 2.98. The second-order valence-corrected chi connectivity index (χ2v) is 5.30. The fourth-order valence-electron chi connectivity index (χ4n) is 3.19. The SMILES string of the molecule is C[C@@H]1CN(C2CCCCC2C#N)C[C@H](C)O1. The molecule has 4 atom stereocenters. The highest BCUT2D eigenvalue weighted by atomic mass is 16.5. The van der Waals surface area contributed by atoms with E-state index >= 15 is 0 Å². The topological polar surface area (TPSA) is 36.3 Å². The average Bonchev–Trinajstić information content (AvgIpc) is 2.27. The first-order valence-electron chi connectivity index (χ1n) is 6.50. The van der Waals surface area contributed by atoms with Gasteiger partial charge in [0.1, 0.15) is 0 Å². The zero-order chi connectivity index (χ0) is 11.5. The molecule has 0 bridgehead atoms. The molecule has 0 aromatic rings. The first kappa shape index (κ1) is 11.9. The van der Waals surface area contributed by atoms with Gasteiger partial charge in [0.05, 0.1) is 24.2 Å². The minimum absolute atomic E-state index is 0.242. The normalized spacial score (nSPS) is 41.6. The smallest absolute Gasteiger partial charge is 0.0678 e. The van der Waals surface area contributed by atoms with Gasteiger partial charge in [-0.25, -0.2) is 0 Å². The maximum absolute atomic E-state index is 9.22. The number of rotatable bonds is 1. The molecule has 1 aliphatic heterocycles. The maximum atomic E-state index is 9.22. The molecule has 0 amide bonds. The van der Waals surface area contributed by atoms with E-state index in [0.717, 1.165) is 19.5 Å². The lowest BCUT2D eigenvalue weighted by molar-refractivity contribution is -0.0881. The third-order valence-corrected chi connectivity index (χ3v) is 3.81. The van der Waals surface area contributed by atoms with Crippen molar-refractivity contribution in [3.63, 3.8) is 0 Å². The van der Waals surface area contributed by atoms with Gasteiger partial charge in [-0.2, -0.15) is 5.26 Å². The van der Waals surface area contributed by atoms with Crippen LogP contribution in [0.15, 0.2) is 0 Å². The second-order valence-electron chi connectivity index (χ2n) is 5.30. The molecule has 2 rings (SSSR count). The van der Waals surface area contributed by atoms with E-state index in [4.69, 9.17) is 4.74 Å². The molecule has 16 heavy (non-hydrogen) atoms. The van der Waals surface area contributed by atoms with Crippen molar-refractivity contribution in [1.82, 2.24) is 4.90 Å². The van der Waals surface area contributed by atoms with Gasteiger partial charge in [0.15, 0.2) is 0 Å². The van der Waals surface area contributed by atoms with Gasteiger partial charge in [-0.1, -0.05) is 12.8 Å². The first-order valence-corrected chi connectivity index (χ1v) is 6.50. The van der Waals surface area contributed by atoms with Crippen molar-refractivity contribution in [3.8, 4) is 6.07 Å². The Morgan fingerprint density at radius 2 is 1.75 bits per heavy atom. The summed E-state index contributed by atoms with van der Waals surface area (Å²) < 4.78 is 5.75. The molecule has 0 aromatic carbocycles. The lowest BCUT2D eigenvalue weighted by Crippen LogP contribution is -2.52. The van der Waals surface area contributed by atoms with Crippen LogP contribution in [0, 0.1) is 17.2 Å². The largest absolute Gasteiger partial charge is 0.373 e. The number of hydrogen-bond acceptors (Lipinski definition) is 3. The lowest BCUT2D eigenvalue weighted by atomic mass is 9.84. The Hall–Kier alpha value is -0.590. The average molecular weight is 222 g/mol. The summed E-state index contributed by atoms with van der Waals surface area (Å²) in [6.45, 7) is 6.25. The van der Waals surface area contributed by atoms with Crippen LogP contribution in [0.3, 0.4) is 0 Å². The van der Waals surface area contributed by atoms with Crippen LogP contribution >= 0.6 is 0 Å². The molecule has 0 N–H and O–H groups in total. The molecular weight excluding hydrogens is 200 g/mol. The van der Waals surface area contributed by atoms with Crippen molar-refractivity contribution in [2.45, 2.75) is 57.8 Å². The van der Waals surface area contributed by atoms with E-state index in [2.05, 4.69) is 24.8 Å². The molecule has 1 heterocycles. The van der Waals surface area contributed by atoms with Crippen LogP contribution in [0.2, 0.25) is 0 Å². The highest BCUT2D eigenvalue weighted by Gasteiger charge is 2.34. The van der Waals surface area contributed by atoms with Gasteiger partial charge >= 0.3 is 0 Å². The molecule has 2 fully saturated rings. The summed E-state index contributed by atoms with van der Waals surface area (Å²) >= 11 is 0. The van der Waals surface area contributed by atoms with Gasteiger partial charge in [-0.3, -0.25) is 4.90 Å². The summed E-state index contributed by atoms with van der Waals surface area (Å²) in [5.41, 5.74) is 0. The fraction of sp³-hybridized carbons (Fsp3) is 0.923. The zero-order valence-electron chi connectivity index (χ0n) is 10.4. The van der Waals surface area contributed by atoms with Crippen LogP contribution in [0.5, 0.6) is 0 Å². The number of nitriles is 1. The number of ether oxygens (including phenoxy) is 1. The molecule has 0 aromatic heterocycles. The van der Waals surface area contributed by atoms with Crippen molar-refractivity contribution in [2.75, 3.05) is 13.1 Å². The van der Waals surface area contributed by atoms with Gasteiger partial charge in [0, 0.05) is 19.1 Å². The summed E-state index contributed by atoms with van der Waals surface area (Å²) in [5.74, 6) is 0.242. The van der Waals surface area contributed by atoms with Gasteiger partial charge < -0.3 is 4.74 Å². The van der Waals surface area contributed by atoms with Crippen molar-refractivity contribution >= 4 is 0 Å². The van der Waals surface area contributed by atoms with Gasteiger partial charge in [0.25, 0.3) is 0 Å². The molecule has 3 nitrogen and oxygen atoms in total. The number of nitrogens with zero attached hydrogens (tertiary/aromatic N) is 2. The molecule has 1 saturated heterocycles. The first-order chi connectivity index (χ1) is 7.70. The third-order valence-electron chi connectivity index (χ3n) is 3.81. The fourth-order valence-corrected chi connectivity index (χ4v) is 3.19. The number of morpholine rings is 1. The van der Waals surface area contributed by atoms with E-state index < -0.39 is 0 Å². The van der Waals surface area contributed by atoms with Gasteiger partial charge in [0.2, 0.25) is 0 Å². The Labute approximate surface area is 98.4 Å². The Bertz CT molecular complexity index is 264. The summed E-state index contributed by atoms with van der Waals surface area (Å²) in [7, 11) is 0. The Morgan fingerprint density at radius 3 is 2.38 bits per heavy atom. The van der Waals surface area contributed by atoms with Crippen LogP contribution < -0.4 is 0 Å². The van der Waals surface area contributed by atoms with Crippen LogP contribution in [0.4, 0.5) is 0 Å². The molecule has 1 saturated carbocycles. The third kappa shape index (κ3) is 2.56. The molecule has 2 unspecified atom stereocenters. The predicted octanol–water partition coefficient (Wildman–Crippen LogP) is 2.18. The molecule has 2 aliphatic rings. The molecule has 1 aliphatic carbocycles. The molecule has 0 spiro atoms. The standard InChI is InChI=1S/C13H22N2O/c1-10-8-15(9-11(2)16-10)13-6-4-3-5-12(13)7-14/h10-13H,3-6,8-9H2,1-2H3/t10-,11+,12?,13?. The van der Waals surface area contributed by atoms with E-state index in [1.165, 1.54) is 19.3 Å². The summed E-state index contributed by atoms with van der Waals surface area (Å²) in [5, 5.41) is 9.22. The van der Waals surface area contributed by atoms with Gasteiger partial charge in [-0.05, 0) is 26.7 Å². The second kappa shape index (κ2) is 5.16. The monoisotopic (exact) mass is 222 g/mol. The van der Waals surface area contributed by atoms with Crippen LogP contribution in [-0.4, -0.2) is 36.2 Å². The van der Waals surface area contributed by atoms with E-state index in [0.29, 0.717) is 18.2 Å². The van der Waals surface area contributed by atoms with E-state index in [1.807, 2.05) is 0 Å². The van der Waals surface area contributed by atoms with Crippen LogP contribution in [0.25, 0.3) is 0 Å². The lowest BCUT2D eigenvalue weighted by Gasteiger charge is -2.43. The summed E-state index contributed by atoms with van der Waals surface area (Å²) in [4.78, 5) is 2.49. The highest BCUT2D eigenvalue weighted by Crippen LogP contribution is 2.29. The zero-order valence-corrected chi connectivity index (χ0v) is 10.4. The van der Waals surface area contributed by atoms with Crippen molar-refractivity contribution < 1.29 is 4.74 Å². The Kier molecular flexibility index (Phi) is 3.83. The van der Waals surface area contributed by atoms with Crippen LogP contribution in [-0.2, 0) is 4.74 Å². The van der Waals surface area contributed by atoms with E-state index in [-0.39, 0.29) is 5.92 Å². The van der Waals surface area contributed by atoms with E-state index in [9.17, 15) is 5.26 Å².